The molecule has 0 atom stereocenters. The van der Waals surface area contributed by atoms with E-state index in [-0.39, 0.29) is 6.10 Å². The Kier molecular flexibility index (Phi) is 8.41. The molecule has 0 saturated carbocycles. The van der Waals surface area contributed by atoms with E-state index in [0.29, 0.717) is 0 Å². The van der Waals surface area contributed by atoms with Gasteiger partial charge in [0.2, 0.25) is 0 Å². The Hall–Kier alpha value is -1.71. The van der Waals surface area contributed by atoms with Crippen LogP contribution in [0.3, 0.4) is 0 Å². The average Bonchev–Trinajstić information content (AvgIpc) is 2.50. The van der Waals surface area contributed by atoms with Gasteiger partial charge >= 0.3 is 0 Å². The summed E-state index contributed by atoms with van der Waals surface area (Å²) < 4.78 is 5.66. The van der Waals surface area contributed by atoms with Gasteiger partial charge in [-0.1, -0.05) is 25.5 Å². The highest BCUT2D eigenvalue weighted by molar-refractivity contribution is 5.79. The molecular formula is C18H31N3O. The molecule has 0 fully saturated rings. The van der Waals surface area contributed by atoms with Crippen LogP contribution in [0.15, 0.2) is 29.3 Å². The molecule has 0 heterocycles. The van der Waals surface area contributed by atoms with Crippen LogP contribution in [0.5, 0.6) is 5.75 Å². The Morgan fingerprint density at radius 3 is 2.50 bits per heavy atom. The van der Waals surface area contributed by atoms with Crippen molar-refractivity contribution in [3.63, 3.8) is 0 Å². The molecule has 4 nitrogen and oxygen atoms in total. The van der Waals surface area contributed by atoms with Crippen molar-refractivity contribution in [2.24, 2.45) is 4.99 Å². The molecule has 1 rings (SSSR count). The second-order valence-electron chi connectivity index (χ2n) is 5.81. The van der Waals surface area contributed by atoms with Crippen molar-refractivity contribution in [1.29, 1.82) is 0 Å². The third kappa shape index (κ3) is 6.83. The molecule has 4 heteroatoms. The molecule has 0 aliphatic rings. The molecule has 0 unspecified atom stereocenters. The molecule has 1 aromatic carbocycles. The lowest BCUT2D eigenvalue weighted by Gasteiger charge is -2.21. The summed E-state index contributed by atoms with van der Waals surface area (Å²) in [4.78, 5) is 6.51. The van der Waals surface area contributed by atoms with Crippen LogP contribution in [-0.4, -0.2) is 44.1 Å². The predicted octanol–water partition coefficient (Wildman–Crippen LogP) is 3.32. The number of nitrogens with one attached hydrogen (secondary N) is 1. The number of guanidine groups is 1. The quantitative estimate of drug-likeness (QED) is 0.591. The van der Waals surface area contributed by atoms with Crippen LogP contribution in [0.2, 0.25) is 0 Å². The summed E-state index contributed by atoms with van der Waals surface area (Å²) in [6.45, 7) is 8.21. The van der Waals surface area contributed by atoms with Crippen molar-refractivity contribution in [1.82, 2.24) is 10.2 Å². The van der Waals surface area contributed by atoms with E-state index in [1.54, 1.807) is 0 Å². The molecule has 0 spiro atoms. The molecule has 0 aromatic heterocycles. The average molecular weight is 305 g/mol. The number of nitrogens with zero attached hydrogens (tertiary/aromatic N) is 2. The van der Waals surface area contributed by atoms with Gasteiger partial charge in [-0.3, -0.25) is 4.99 Å². The second kappa shape index (κ2) is 10.1. The van der Waals surface area contributed by atoms with Crippen molar-refractivity contribution >= 4 is 5.96 Å². The molecule has 1 aromatic rings. The van der Waals surface area contributed by atoms with Gasteiger partial charge in [-0.05, 0) is 44.4 Å². The first-order valence-electron chi connectivity index (χ1n) is 8.24. The lowest BCUT2D eigenvalue weighted by atomic mass is 10.1. The molecule has 0 aliphatic heterocycles. The van der Waals surface area contributed by atoms with Gasteiger partial charge in [0.1, 0.15) is 5.75 Å². The van der Waals surface area contributed by atoms with Crippen molar-refractivity contribution in [2.45, 2.75) is 46.1 Å². The van der Waals surface area contributed by atoms with E-state index in [1.165, 1.54) is 18.4 Å². The zero-order valence-electron chi connectivity index (χ0n) is 14.7. The topological polar surface area (TPSA) is 36.9 Å². The first-order valence-corrected chi connectivity index (χ1v) is 8.24. The van der Waals surface area contributed by atoms with Gasteiger partial charge in [-0.25, -0.2) is 0 Å². The van der Waals surface area contributed by atoms with Crippen molar-refractivity contribution in [3.8, 4) is 5.75 Å². The minimum atomic E-state index is 0.217. The van der Waals surface area contributed by atoms with Crippen molar-refractivity contribution in [3.05, 3.63) is 29.8 Å². The first-order chi connectivity index (χ1) is 10.6. The summed E-state index contributed by atoms with van der Waals surface area (Å²) in [7, 11) is 3.92. The number of hydrogen-bond acceptors (Lipinski definition) is 2. The van der Waals surface area contributed by atoms with Gasteiger partial charge in [0.25, 0.3) is 0 Å². The molecular weight excluding hydrogens is 274 g/mol. The van der Waals surface area contributed by atoms with E-state index >= 15 is 0 Å². The van der Waals surface area contributed by atoms with Gasteiger partial charge in [0.05, 0.1) is 6.10 Å². The highest BCUT2D eigenvalue weighted by atomic mass is 16.5. The van der Waals surface area contributed by atoms with Gasteiger partial charge in [-0.2, -0.15) is 0 Å². The summed E-state index contributed by atoms with van der Waals surface area (Å²) in [5.74, 6) is 1.90. The largest absolute Gasteiger partial charge is 0.491 e. The number of ether oxygens (including phenoxy) is 1. The van der Waals surface area contributed by atoms with Gasteiger partial charge < -0.3 is 15.0 Å². The Morgan fingerprint density at radius 2 is 1.95 bits per heavy atom. The van der Waals surface area contributed by atoms with Crippen LogP contribution < -0.4 is 10.1 Å². The van der Waals surface area contributed by atoms with E-state index in [1.807, 2.05) is 33.0 Å². The van der Waals surface area contributed by atoms with Gasteiger partial charge in [-0.15, -0.1) is 0 Å². The summed E-state index contributed by atoms with van der Waals surface area (Å²) in [6.07, 6.45) is 3.58. The third-order valence-corrected chi connectivity index (χ3v) is 3.41. The molecule has 0 saturated heterocycles. The monoisotopic (exact) mass is 305 g/mol. The predicted molar refractivity (Wildman–Crippen MR) is 94.8 cm³/mol. The smallest absolute Gasteiger partial charge is 0.193 e. The van der Waals surface area contributed by atoms with Crippen molar-refractivity contribution < 1.29 is 4.74 Å². The molecule has 1 N–H and O–H groups in total. The minimum Gasteiger partial charge on any atom is -0.491 e. The van der Waals surface area contributed by atoms with Crippen LogP contribution in [0.25, 0.3) is 0 Å². The standard InChI is InChI=1S/C18H31N3O/c1-6-7-14-21(5)18(19-4)20-13-12-16-8-10-17(11-9-16)22-15(2)3/h8-11,15H,6-7,12-14H2,1-5H3,(H,19,20). The second-order valence-corrected chi connectivity index (χ2v) is 5.81. The zero-order chi connectivity index (χ0) is 16.4. The van der Waals surface area contributed by atoms with Crippen LogP contribution >= 0.6 is 0 Å². The zero-order valence-corrected chi connectivity index (χ0v) is 14.7. The number of unbranched alkanes of at least 4 members (excludes halogenated alkanes) is 1. The molecule has 124 valence electrons. The Morgan fingerprint density at radius 1 is 1.27 bits per heavy atom. The van der Waals surface area contributed by atoms with E-state index in [9.17, 15) is 0 Å². The Labute approximate surface area is 135 Å². The van der Waals surface area contributed by atoms with E-state index < -0.39 is 0 Å². The fourth-order valence-electron chi connectivity index (χ4n) is 2.21. The lowest BCUT2D eigenvalue weighted by molar-refractivity contribution is 0.242. The maximum atomic E-state index is 5.66. The van der Waals surface area contributed by atoms with Crippen LogP contribution in [0.4, 0.5) is 0 Å². The van der Waals surface area contributed by atoms with Crippen LogP contribution in [-0.2, 0) is 6.42 Å². The maximum absolute atomic E-state index is 5.66. The Balaban J connectivity index is 2.39. The van der Waals surface area contributed by atoms with Gasteiger partial charge in [0, 0.05) is 27.2 Å². The molecule has 0 amide bonds. The number of rotatable bonds is 8. The fraction of sp³-hybridized carbons (Fsp3) is 0.611. The summed E-state index contributed by atoms with van der Waals surface area (Å²) in [6, 6.07) is 8.33. The number of hydrogen-bond donors (Lipinski definition) is 1. The highest BCUT2D eigenvalue weighted by Gasteiger charge is 2.04. The fourth-order valence-corrected chi connectivity index (χ4v) is 2.21. The maximum Gasteiger partial charge on any atom is 0.193 e. The van der Waals surface area contributed by atoms with Crippen LogP contribution in [0.1, 0.15) is 39.2 Å². The first kappa shape index (κ1) is 18.3. The molecule has 22 heavy (non-hydrogen) atoms. The van der Waals surface area contributed by atoms with Crippen molar-refractivity contribution in [2.75, 3.05) is 27.2 Å². The Bertz CT molecular complexity index is 440. The lowest BCUT2D eigenvalue weighted by Crippen LogP contribution is -2.40. The van der Waals surface area contributed by atoms with Crippen LogP contribution in [0, 0.1) is 0 Å². The molecule has 0 aliphatic carbocycles. The van der Waals surface area contributed by atoms with E-state index in [0.717, 1.165) is 31.2 Å². The summed E-state index contributed by atoms with van der Waals surface area (Å²) in [5, 5.41) is 3.42. The van der Waals surface area contributed by atoms with E-state index in [2.05, 4.69) is 41.3 Å². The SMILES string of the molecule is CCCCN(C)C(=NC)NCCc1ccc(OC(C)C)cc1. The summed E-state index contributed by atoms with van der Waals surface area (Å²) in [5.41, 5.74) is 1.30. The summed E-state index contributed by atoms with van der Waals surface area (Å²) >= 11 is 0. The number of aliphatic imine (C=N–C) groups is 1. The van der Waals surface area contributed by atoms with Gasteiger partial charge in [0.15, 0.2) is 5.96 Å². The molecule has 0 bridgehead atoms. The number of benzene rings is 1. The normalized spacial score (nSPS) is 11.6. The highest BCUT2D eigenvalue weighted by Crippen LogP contribution is 2.13. The van der Waals surface area contributed by atoms with E-state index in [4.69, 9.17) is 4.74 Å². The molecule has 0 radical (unpaired) electrons. The minimum absolute atomic E-state index is 0.217. The third-order valence-electron chi connectivity index (χ3n) is 3.41.